The summed E-state index contributed by atoms with van der Waals surface area (Å²) in [5, 5.41) is 4.21. The highest BCUT2D eigenvalue weighted by atomic mass is 35.5. The summed E-state index contributed by atoms with van der Waals surface area (Å²) in [5.41, 5.74) is 2.24. The number of aromatic nitrogens is 1. The van der Waals surface area contributed by atoms with E-state index in [0.29, 0.717) is 11.6 Å². The molecule has 0 saturated carbocycles. The lowest BCUT2D eigenvalue weighted by molar-refractivity contribution is 0.122. The molecule has 0 aliphatic carbocycles. The van der Waals surface area contributed by atoms with Gasteiger partial charge in [0.05, 0.1) is 42.8 Å². The molecule has 25 heavy (non-hydrogen) atoms. The first kappa shape index (κ1) is 16.5. The second-order valence-electron chi connectivity index (χ2n) is 6.35. The van der Waals surface area contributed by atoms with Gasteiger partial charge < -0.3 is 19.7 Å². The second-order valence-corrected chi connectivity index (χ2v) is 6.75. The van der Waals surface area contributed by atoms with E-state index in [9.17, 15) is 0 Å². The molecule has 0 radical (unpaired) electrons. The smallest absolute Gasteiger partial charge is 0.143 e. The van der Waals surface area contributed by atoms with Crippen molar-refractivity contribution in [2.75, 3.05) is 43.1 Å². The molecule has 6 heteroatoms. The topological polar surface area (TPSA) is 46.6 Å². The molecule has 1 aromatic heterocycles. The number of benzene rings is 1. The van der Waals surface area contributed by atoms with Gasteiger partial charge in [-0.3, -0.25) is 0 Å². The Balaban J connectivity index is 1.51. The van der Waals surface area contributed by atoms with Crippen LogP contribution in [0.15, 0.2) is 36.5 Å². The predicted molar refractivity (Wildman–Crippen MR) is 99.8 cm³/mol. The summed E-state index contributed by atoms with van der Waals surface area (Å²) in [5.74, 6) is 1.67. The second kappa shape index (κ2) is 7.50. The van der Waals surface area contributed by atoms with Gasteiger partial charge in [0.15, 0.2) is 0 Å². The van der Waals surface area contributed by atoms with Crippen molar-refractivity contribution in [2.45, 2.75) is 18.9 Å². The van der Waals surface area contributed by atoms with Gasteiger partial charge >= 0.3 is 0 Å². The lowest BCUT2D eigenvalue weighted by Crippen LogP contribution is -2.36. The molecular weight excluding hydrogens is 338 g/mol. The number of para-hydroxylation sites is 1. The summed E-state index contributed by atoms with van der Waals surface area (Å²) in [6.45, 7) is 4.08. The molecule has 1 saturated heterocycles. The van der Waals surface area contributed by atoms with Crippen molar-refractivity contribution in [2.24, 2.45) is 0 Å². The molecule has 3 heterocycles. The highest BCUT2D eigenvalue weighted by Crippen LogP contribution is 2.38. The van der Waals surface area contributed by atoms with Gasteiger partial charge in [-0.05, 0) is 31.0 Å². The number of rotatable bonds is 3. The number of pyridine rings is 1. The van der Waals surface area contributed by atoms with Gasteiger partial charge in [0.1, 0.15) is 11.6 Å². The van der Waals surface area contributed by atoms with Gasteiger partial charge in [-0.1, -0.05) is 23.7 Å². The van der Waals surface area contributed by atoms with Crippen molar-refractivity contribution in [3.8, 4) is 5.75 Å². The maximum atomic E-state index is 6.31. The van der Waals surface area contributed by atoms with Crippen LogP contribution in [0.2, 0.25) is 5.02 Å². The molecule has 1 atom stereocenters. The summed E-state index contributed by atoms with van der Waals surface area (Å²) in [6, 6.07) is 10.2. The number of hydrogen-bond donors (Lipinski definition) is 1. The van der Waals surface area contributed by atoms with Crippen LogP contribution in [0.4, 0.5) is 11.5 Å². The van der Waals surface area contributed by atoms with E-state index >= 15 is 0 Å². The highest BCUT2D eigenvalue weighted by Gasteiger charge is 2.22. The fourth-order valence-electron chi connectivity index (χ4n) is 3.38. The van der Waals surface area contributed by atoms with Crippen molar-refractivity contribution in [3.05, 3.63) is 47.1 Å². The van der Waals surface area contributed by atoms with Crippen LogP contribution in [-0.2, 0) is 4.74 Å². The first-order chi connectivity index (χ1) is 12.3. The average Bonchev–Trinajstić information content (AvgIpc) is 2.87. The van der Waals surface area contributed by atoms with Gasteiger partial charge in [0.25, 0.3) is 0 Å². The number of nitrogens with one attached hydrogen (secondary N) is 1. The summed E-state index contributed by atoms with van der Waals surface area (Å²) in [6.07, 6.45) is 3.90. The molecule has 1 N–H and O–H groups in total. The van der Waals surface area contributed by atoms with Crippen LogP contribution in [-0.4, -0.2) is 37.9 Å². The molecule has 0 spiro atoms. The number of anilines is 2. The quantitative estimate of drug-likeness (QED) is 0.900. The first-order valence-electron chi connectivity index (χ1n) is 8.78. The standard InChI is InChI=1S/C19H22ClN3O2/c20-16-4-1-3-15-17(5-2-10-25-19(15)16)22-18-7-6-14(13-21-18)23-8-11-24-12-9-23/h1,3-4,6-7,13,17H,2,5,8-12H2,(H,21,22). The molecule has 2 aliphatic rings. The Kier molecular flexibility index (Phi) is 4.95. The Morgan fingerprint density at radius 1 is 1.12 bits per heavy atom. The minimum absolute atomic E-state index is 0.151. The summed E-state index contributed by atoms with van der Waals surface area (Å²) < 4.78 is 11.2. The fourth-order valence-corrected chi connectivity index (χ4v) is 3.61. The monoisotopic (exact) mass is 359 g/mol. The van der Waals surface area contributed by atoms with Crippen molar-refractivity contribution in [1.29, 1.82) is 0 Å². The fraction of sp³-hybridized carbons (Fsp3) is 0.421. The molecule has 132 valence electrons. The lowest BCUT2D eigenvalue weighted by Gasteiger charge is -2.28. The Bertz CT molecular complexity index is 717. The third-order valence-electron chi connectivity index (χ3n) is 4.70. The molecule has 0 bridgehead atoms. The van der Waals surface area contributed by atoms with Crippen LogP contribution in [0.3, 0.4) is 0 Å². The van der Waals surface area contributed by atoms with Crippen molar-refractivity contribution in [3.63, 3.8) is 0 Å². The lowest BCUT2D eigenvalue weighted by atomic mass is 10.0. The Morgan fingerprint density at radius 2 is 2.00 bits per heavy atom. The first-order valence-corrected chi connectivity index (χ1v) is 9.15. The third-order valence-corrected chi connectivity index (χ3v) is 5.00. The zero-order valence-corrected chi connectivity index (χ0v) is 14.8. The SMILES string of the molecule is Clc1cccc2c1OCCCC2Nc1ccc(N2CCOCC2)cn1. The Hall–Kier alpha value is -1.98. The van der Waals surface area contributed by atoms with E-state index < -0.39 is 0 Å². The Morgan fingerprint density at radius 3 is 2.80 bits per heavy atom. The molecule has 1 fully saturated rings. The maximum Gasteiger partial charge on any atom is 0.143 e. The zero-order chi connectivity index (χ0) is 17.1. The van der Waals surface area contributed by atoms with Gasteiger partial charge in [-0.15, -0.1) is 0 Å². The van der Waals surface area contributed by atoms with E-state index in [1.165, 1.54) is 0 Å². The van der Waals surface area contributed by atoms with E-state index in [1.807, 2.05) is 24.4 Å². The van der Waals surface area contributed by atoms with Crippen molar-refractivity contribution < 1.29 is 9.47 Å². The van der Waals surface area contributed by atoms with E-state index in [0.717, 1.165) is 62.0 Å². The molecule has 2 aromatic rings. The average molecular weight is 360 g/mol. The van der Waals surface area contributed by atoms with Crippen LogP contribution in [0.1, 0.15) is 24.4 Å². The third kappa shape index (κ3) is 3.67. The van der Waals surface area contributed by atoms with Crippen molar-refractivity contribution >= 4 is 23.1 Å². The molecule has 5 nitrogen and oxygen atoms in total. The molecular formula is C19H22ClN3O2. The minimum Gasteiger partial charge on any atom is -0.492 e. The van der Waals surface area contributed by atoms with E-state index in [4.69, 9.17) is 21.1 Å². The van der Waals surface area contributed by atoms with Gasteiger partial charge in [0, 0.05) is 18.7 Å². The highest BCUT2D eigenvalue weighted by molar-refractivity contribution is 6.32. The van der Waals surface area contributed by atoms with Crippen LogP contribution in [0.25, 0.3) is 0 Å². The summed E-state index contributed by atoms with van der Waals surface area (Å²) in [4.78, 5) is 6.91. The number of morpholine rings is 1. The molecule has 0 amide bonds. The zero-order valence-electron chi connectivity index (χ0n) is 14.1. The number of ether oxygens (including phenoxy) is 2. The number of fused-ring (bicyclic) bond motifs is 1. The Labute approximate surface area is 152 Å². The van der Waals surface area contributed by atoms with Crippen LogP contribution in [0.5, 0.6) is 5.75 Å². The van der Waals surface area contributed by atoms with Gasteiger partial charge in [0.2, 0.25) is 0 Å². The van der Waals surface area contributed by atoms with Gasteiger partial charge in [-0.25, -0.2) is 4.98 Å². The molecule has 4 rings (SSSR count). The number of nitrogens with zero attached hydrogens (tertiary/aromatic N) is 2. The van der Waals surface area contributed by atoms with Crippen LogP contribution >= 0.6 is 11.6 Å². The predicted octanol–water partition coefficient (Wildman–Crippen LogP) is 3.90. The summed E-state index contributed by atoms with van der Waals surface area (Å²) in [7, 11) is 0. The number of halogens is 1. The largest absolute Gasteiger partial charge is 0.492 e. The van der Waals surface area contributed by atoms with Crippen molar-refractivity contribution in [1.82, 2.24) is 4.98 Å². The van der Waals surface area contributed by atoms with E-state index in [-0.39, 0.29) is 6.04 Å². The summed E-state index contributed by atoms with van der Waals surface area (Å²) >= 11 is 6.31. The minimum atomic E-state index is 0.151. The van der Waals surface area contributed by atoms with Crippen LogP contribution < -0.4 is 15.0 Å². The van der Waals surface area contributed by atoms with E-state index in [1.54, 1.807) is 0 Å². The van der Waals surface area contributed by atoms with Gasteiger partial charge in [-0.2, -0.15) is 0 Å². The maximum absolute atomic E-state index is 6.31. The molecule has 1 aromatic carbocycles. The normalized spacial score (nSPS) is 20.4. The van der Waals surface area contributed by atoms with E-state index in [2.05, 4.69) is 27.3 Å². The molecule has 2 aliphatic heterocycles. The number of hydrogen-bond acceptors (Lipinski definition) is 5. The molecule has 1 unspecified atom stereocenters. The van der Waals surface area contributed by atoms with Crippen LogP contribution in [0, 0.1) is 0 Å².